The third-order valence-electron chi connectivity index (χ3n) is 3.75. The van der Waals surface area contributed by atoms with Crippen molar-refractivity contribution in [1.82, 2.24) is 4.90 Å². The maximum atomic E-state index is 12.4. The number of amides is 1. The lowest BCUT2D eigenvalue weighted by Gasteiger charge is -2.28. The Kier molecular flexibility index (Phi) is 7.92. The fourth-order valence-electron chi connectivity index (χ4n) is 2.32. The van der Waals surface area contributed by atoms with Crippen LogP contribution in [0.4, 0.5) is 0 Å². The Hall–Kier alpha value is -1.88. The van der Waals surface area contributed by atoms with Crippen molar-refractivity contribution in [3.05, 3.63) is 34.9 Å². The maximum absolute atomic E-state index is 12.4. The first-order valence-electron chi connectivity index (χ1n) is 7.92. The number of nitrogens with zero attached hydrogens (tertiary/aromatic N) is 1. The molecule has 0 heterocycles. The van der Waals surface area contributed by atoms with Crippen LogP contribution in [0.2, 0.25) is 5.02 Å². The molecule has 1 amide bonds. The molecule has 0 aliphatic rings. The first kappa shape index (κ1) is 20.2. The third kappa shape index (κ3) is 5.96. The number of rotatable bonds is 8. The van der Waals surface area contributed by atoms with E-state index in [0.29, 0.717) is 10.6 Å². The van der Waals surface area contributed by atoms with Gasteiger partial charge in [0.15, 0.2) is 5.78 Å². The van der Waals surface area contributed by atoms with Crippen LogP contribution in [0.1, 0.15) is 44.0 Å². The lowest BCUT2D eigenvalue weighted by Crippen LogP contribution is -2.41. The number of benzene rings is 1. The first-order chi connectivity index (χ1) is 11.3. The van der Waals surface area contributed by atoms with Gasteiger partial charge in [-0.2, -0.15) is 0 Å². The predicted octanol–water partition coefficient (Wildman–Crippen LogP) is 3.35. The molecule has 0 aromatic heterocycles. The van der Waals surface area contributed by atoms with E-state index in [9.17, 15) is 14.4 Å². The second-order valence-corrected chi connectivity index (χ2v) is 6.43. The minimum atomic E-state index is -0.409. The molecule has 0 bridgehead atoms. The Morgan fingerprint density at radius 3 is 2.17 bits per heavy atom. The van der Waals surface area contributed by atoms with Crippen molar-refractivity contribution < 1.29 is 19.1 Å². The molecule has 0 aliphatic heterocycles. The van der Waals surface area contributed by atoms with Crippen LogP contribution in [0.5, 0.6) is 0 Å². The van der Waals surface area contributed by atoms with Crippen molar-refractivity contribution in [3.63, 3.8) is 0 Å². The summed E-state index contributed by atoms with van der Waals surface area (Å²) in [6.07, 6.45) is 0.226. The van der Waals surface area contributed by atoms with E-state index in [-0.39, 0.29) is 43.1 Å². The van der Waals surface area contributed by atoms with Crippen LogP contribution in [-0.2, 0) is 14.3 Å². The van der Waals surface area contributed by atoms with Gasteiger partial charge in [-0.1, -0.05) is 18.5 Å². The van der Waals surface area contributed by atoms with Crippen LogP contribution >= 0.6 is 11.6 Å². The molecule has 132 valence electrons. The minimum absolute atomic E-state index is 0.0600. The molecule has 6 heteroatoms. The summed E-state index contributed by atoms with van der Waals surface area (Å²) in [5.74, 6) is -1.02. The molecule has 0 radical (unpaired) electrons. The van der Waals surface area contributed by atoms with Crippen LogP contribution in [-0.4, -0.2) is 42.3 Å². The number of halogens is 1. The van der Waals surface area contributed by atoms with Gasteiger partial charge >= 0.3 is 5.97 Å². The van der Waals surface area contributed by atoms with Crippen LogP contribution in [0.3, 0.4) is 0 Å². The van der Waals surface area contributed by atoms with E-state index in [0.717, 1.165) is 0 Å². The zero-order chi connectivity index (χ0) is 18.3. The van der Waals surface area contributed by atoms with Gasteiger partial charge in [-0.3, -0.25) is 14.4 Å². The standard InChI is InChI=1S/C18H24ClNO4/c1-12(2)20(11-13(3)18(23)24-4)17(22)10-9-16(21)14-5-7-15(19)8-6-14/h5-8,12-13H,9-11H2,1-4H3. The van der Waals surface area contributed by atoms with Crippen molar-refractivity contribution in [2.75, 3.05) is 13.7 Å². The molecule has 5 nitrogen and oxygen atoms in total. The molecular formula is C18H24ClNO4. The van der Waals surface area contributed by atoms with Gasteiger partial charge in [-0.15, -0.1) is 0 Å². The van der Waals surface area contributed by atoms with Crippen molar-refractivity contribution in [2.24, 2.45) is 5.92 Å². The maximum Gasteiger partial charge on any atom is 0.310 e. The monoisotopic (exact) mass is 353 g/mol. The van der Waals surface area contributed by atoms with Crippen LogP contribution in [0.25, 0.3) is 0 Å². The summed E-state index contributed by atoms with van der Waals surface area (Å²) in [5.41, 5.74) is 0.534. The number of hydrogen-bond donors (Lipinski definition) is 0. The number of hydrogen-bond acceptors (Lipinski definition) is 4. The van der Waals surface area contributed by atoms with Crippen LogP contribution in [0, 0.1) is 5.92 Å². The molecular weight excluding hydrogens is 330 g/mol. The number of methoxy groups -OCH3 is 1. The lowest BCUT2D eigenvalue weighted by molar-refractivity contribution is -0.146. The lowest BCUT2D eigenvalue weighted by atomic mass is 10.1. The minimum Gasteiger partial charge on any atom is -0.469 e. The van der Waals surface area contributed by atoms with E-state index in [2.05, 4.69) is 0 Å². The van der Waals surface area contributed by atoms with Gasteiger partial charge in [-0.25, -0.2) is 0 Å². The zero-order valence-electron chi connectivity index (χ0n) is 14.5. The fourth-order valence-corrected chi connectivity index (χ4v) is 2.44. The Morgan fingerprint density at radius 2 is 1.67 bits per heavy atom. The summed E-state index contributed by atoms with van der Waals surface area (Å²) >= 11 is 5.80. The summed E-state index contributed by atoms with van der Waals surface area (Å²) in [4.78, 5) is 37.7. The van der Waals surface area contributed by atoms with Gasteiger partial charge in [0.2, 0.25) is 5.91 Å². The highest BCUT2D eigenvalue weighted by atomic mass is 35.5. The Bertz CT molecular complexity index is 583. The summed E-state index contributed by atoms with van der Waals surface area (Å²) in [7, 11) is 1.32. The van der Waals surface area contributed by atoms with Crippen molar-refractivity contribution >= 4 is 29.3 Å². The van der Waals surface area contributed by atoms with Crippen molar-refractivity contribution in [3.8, 4) is 0 Å². The topological polar surface area (TPSA) is 63.7 Å². The first-order valence-corrected chi connectivity index (χ1v) is 8.30. The average molecular weight is 354 g/mol. The highest BCUT2D eigenvalue weighted by Crippen LogP contribution is 2.14. The number of carbonyl (C=O) groups excluding carboxylic acids is 3. The highest BCUT2D eigenvalue weighted by Gasteiger charge is 2.24. The van der Waals surface area contributed by atoms with Gasteiger partial charge in [0, 0.05) is 36.0 Å². The number of carbonyl (C=O) groups is 3. The molecule has 0 saturated carbocycles. The van der Waals surface area contributed by atoms with E-state index in [4.69, 9.17) is 16.3 Å². The molecule has 0 aliphatic carbocycles. The SMILES string of the molecule is COC(=O)C(C)CN(C(=O)CCC(=O)c1ccc(Cl)cc1)C(C)C. The molecule has 1 unspecified atom stereocenters. The molecule has 0 spiro atoms. The molecule has 24 heavy (non-hydrogen) atoms. The van der Waals surface area contributed by atoms with Gasteiger partial charge < -0.3 is 9.64 Å². The van der Waals surface area contributed by atoms with Crippen molar-refractivity contribution in [2.45, 2.75) is 39.7 Å². The second-order valence-electron chi connectivity index (χ2n) is 5.99. The highest BCUT2D eigenvalue weighted by molar-refractivity contribution is 6.30. The van der Waals surface area contributed by atoms with Crippen molar-refractivity contribution in [1.29, 1.82) is 0 Å². The predicted molar refractivity (Wildman–Crippen MR) is 93.0 cm³/mol. The zero-order valence-corrected chi connectivity index (χ0v) is 15.3. The largest absolute Gasteiger partial charge is 0.469 e. The summed E-state index contributed by atoms with van der Waals surface area (Å²) in [6, 6.07) is 6.53. The van der Waals surface area contributed by atoms with Crippen LogP contribution < -0.4 is 0 Å². The van der Waals surface area contributed by atoms with E-state index >= 15 is 0 Å². The number of esters is 1. The number of ether oxygens (including phenoxy) is 1. The van der Waals surface area contributed by atoms with E-state index in [1.807, 2.05) is 13.8 Å². The average Bonchev–Trinajstić information content (AvgIpc) is 2.56. The van der Waals surface area contributed by atoms with Gasteiger partial charge in [-0.05, 0) is 38.1 Å². The summed E-state index contributed by atoms with van der Waals surface area (Å²) in [5, 5.41) is 0.561. The molecule has 0 saturated heterocycles. The molecule has 1 aromatic carbocycles. The smallest absolute Gasteiger partial charge is 0.310 e. The Labute approximate surface area is 147 Å². The van der Waals surface area contributed by atoms with E-state index in [1.165, 1.54) is 7.11 Å². The van der Waals surface area contributed by atoms with Gasteiger partial charge in [0.1, 0.15) is 0 Å². The second kappa shape index (κ2) is 9.42. The Morgan fingerprint density at radius 1 is 1.08 bits per heavy atom. The normalized spacial score (nSPS) is 11.9. The quantitative estimate of drug-likeness (QED) is 0.531. The van der Waals surface area contributed by atoms with Gasteiger partial charge in [0.05, 0.1) is 13.0 Å². The van der Waals surface area contributed by atoms with Crippen LogP contribution in [0.15, 0.2) is 24.3 Å². The fraction of sp³-hybridized carbons (Fsp3) is 0.500. The van der Waals surface area contributed by atoms with Gasteiger partial charge in [0.25, 0.3) is 0 Å². The Balaban J connectivity index is 2.63. The molecule has 1 rings (SSSR count). The summed E-state index contributed by atoms with van der Waals surface area (Å²) < 4.78 is 4.70. The van der Waals surface area contributed by atoms with E-state index in [1.54, 1.807) is 36.1 Å². The number of Topliss-reactive ketones (excluding diaryl/α,β-unsaturated/α-hetero) is 1. The molecule has 0 fully saturated rings. The van der Waals surface area contributed by atoms with E-state index < -0.39 is 5.92 Å². The third-order valence-corrected chi connectivity index (χ3v) is 4.00. The molecule has 1 aromatic rings. The summed E-state index contributed by atoms with van der Waals surface area (Å²) in [6.45, 7) is 5.75. The number of ketones is 1. The molecule has 0 N–H and O–H groups in total. The molecule has 1 atom stereocenters.